The lowest BCUT2D eigenvalue weighted by atomic mass is 9.39. The summed E-state index contributed by atoms with van der Waals surface area (Å²) in [6.07, 6.45) is -1.42. The van der Waals surface area contributed by atoms with E-state index in [2.05, 4.69) is 29.5 Å². The Morgan fingerprint density at radius 1 is 0.874 bits per heavy atom. The van der Waals surface area contributed by atoms with E-state index in [1.807, 2.05) is 71.1 Å². The van der Waals surface area contributed by atoms with Crippen LogP contribution in [0.1, 0.15) is 126 Å². The summed E-state index contributed by atoms with van der Waals surface area (Å²) < 4.78 is 27.3. The van der Waals surface area contributed by atoms with Crippen molar-refractivity contribution in [2.75, 3.05) is 36.5 Å². The number of carboxylic acids is 2. The third-order valence-corrected chi connectivity index (χ3v) is 19.1. The van der Waals surface area contributed by atoms with Crippen molar-refractivity contribution in [3.63, 3.8) is 0 Å². The highest BCUT2D eigenvalue weighted by Crippen LogP contribution is 2.72. The van der Waals surface area contributed by atoms with Gasteiger partial charge in [0.25, 0.3) is 5.91 Å². The summed E-state index contributed by atoms with van der Waals surface area (Å²) in [7, 11) is 0. The van der Waals surface area contributed by atoms with Crippen LogP contribution in [0.4, 0.5) is 15.7 Å². The van der Waals surface area contributed by atoms with Gasteiger partial charge in [-0.15, -0.1) is 0 Å². The highest BCUT2D eigenvalue weighted by molar-refractivity contribution is 7.22. The third kappa shape index (κ3) is 12.9. The van der Waals surface area contributed by atoms with Crippen LogP contribution in [0.15, 0.2) is 72.9 Å². The topological polar surface area (TPSA) is 350 Å². The number of carboxylic acid groups (broad SMARTS) is 2. The molecule has 3 aromatic heterocycles. The van der Waals surface area contributed by atoms with Crippen LogP contribution in [0.2, 0.25) is 0 Å². The van der Waals surface area contributed by atoms with Gasteiger partial charge in [0.2, 0.25) is 6.29 Å². The van der Waals surface area contributed by atoms with Gasteiger partial charge >= 0.3 is 18.0 Å². The second kappa shape index (κ2) is 24.8. The molecule has 24 heteroatoms. The molecule has 5 fully saturated rings. The van der Waals surface area contributed by atoms with Crippen molar-refractivity contribution in [2.24, 2.45) is 27.7 Å². The van der Waals surface area contributed by atoms with Crippen LogP contribution >= 0.6 is 11.3 Å². The fourth-order valence-corrected chi connectivity index (χ4v) is 16.4. The Balaban J connectivity index is 0.749. The van der Waals surface area contributed by atoms with Gasteiger partial charge < -0.3 is 71.3 Å². The van der Waals surface area contributed by atoms with Gasteiger partial charge in [-0.3, -0.25) is 14.8 Å². The number of nitrogens with two attached hydrogens (primary N) is 2. The first kappa shape index (κ1) is 61.5. The number of aliphatic hydroxyl groups excluding tert-OH is 4. The minimum absolute atomic E-state index is 0.0299. The normalized spacial score (nSPS) is 26.8. The highest BCUT2D eigenvalue weighted by Gasteiger charge is 2.66. The predicted octanol–water partition coefficient (Wildman–Crippen LogP) is 6.20. The fourth-order valence-electron chi connectivity index (χ4n) is 15.5. The summed E-state index contributed by atoms with van der Waals surface area (Å²) >= 11 is 1.41. The molecule has 8 atom stereocenters. The molecule has 6 aromatic rings. The molecule has 0 spiro atoms. The van der Waals surface area contributed by atoms with Gasteiger partial charge in [-0.2, -0.15) is 5.10 Å². The number of amides is 2. The third-order valence-electron chi connectivity index (χ3n) is 18.2. The number of thiazole rings is 1. The Morgan fingerprint density at radius 3 is 2.38 bits per heavy atom. The number of carbonyl (C=O) groups is 4. The van der Waals surface area contributed by atoms with Crippen LogP contribution in [0.25, 0.3) is 21.3 Å². The number of aromatic carboxylic acids is 1. The molecule has 1 saturated heterocycles. The number of aliphatic hydroxyl groups is 4. The molecule has 2 amide bonds. The molecule has 12 N–H and O–H groups in total. The number of hydrogen-bond acceptors (Lipinski definition) is 19. The molecular weight excluding hydrogens is 1140 g/mol. The predicted molar refractivity (Wildman–Crippen MR) is 321 cm³/mol. The quantitative estimate of drug-likeness (QED) is 0.0252. The maximum atomic E-state index is 13.8. The summed E-state index contributed by atoms with van der Waals surface area (Å²) in [5.41, 5.74) is 17.5. The van der Waals surface area contributed by atoms with Crippen molar-refractivity contribution in [2.45, 2.75) is 160 Å². The number of nitrogens with zero attached hydrogens (tertiary/aromatic N) is 5. The Morgan fingerprint density at radius 2 is 1.64 bits per heavy atom. The van der Waals surface area contributed by atoms with Gasteiger partial charge in [0.15, 0.2) is 16.9 Å². The number of fused-ring (bicyclic) bond motifs is 2. The summed E-state index contributed by atoms with van der Waals surface area (Å²) in [6, 6.07) is 20.6. The Bertz CT molecular complexity index is 3520. The highest BCUT2D eigenvalue weighted by atomic mass is 32.1. The van der Waals surface area contributed by atoms with Crippen molar-refractivity contribution in [3.05, 3.63) is 118 Å². The van der Waals surface area contributed by atoms with E-state index in [4.69, 9.17) is 40.5 Å². The molecule has 3 unspecified atom stereocenters. The van der Waals surface area contributed by atoms with Crippen molar-refractivity contribution < 1.29 is 68.8 Å². The molecular formula is C63H77N9O14S. The molecule has 2 aliphatic heterocycles. The van der Waals surface area contributed by atoms with E-state index in [9.17, 15) is 49.8 Å². The number of aromatic nitrogens is 4. The van der Waals surface area contributed by atoms with E-state index < -0.39 is 60.6 Å². The van der Waals surface area contributed by atoms with E-state index in [1.165, 1.54) is 11.3 Å². The van der Waals surface area contributed by atoms with Gasteiger partial charge in [0.1, 0.15) is 42.7 Å². The molecule has 23 nitrogen and oxygen atoms in total. The number of carbonyl (C=O) groups excluding carboxylic acids is 2. The van der Waals surface area contributed by atoms with Gasteiger partial charge in [-0.1, -0.05) is 61.6 Å². The van der Waals surface area contributed by atoms with Gasteiger partial charge in [-0.25, -0.2) is 24.4 Å². The summed E-state index contributed by atoms with van der Waals surface area (Å²) in [5, 5.41) is 73.7. The van der Waals surface area contributed by atoms with Crippen molar-refractivity contribution in [1.82, 2.24) is 25.1 Å². The Kier molecular flexibility index (Phi) is 17.5. The number of nitrogens with one attached hydrogen (secondary N) is 2. The summed E-state index contributed by atoms with van der Waals surface area (Å²) in [4.78, 5) is 63.7. The average molecular weight is 1220 g/mol. The molecule has 6 aliphatic rings. The molecule has 12 rings (SSSR count). The number of para-hydroxylation sites is 1. The van der Waals surface area contributed by atoms with Gasteiger partial charge in [0.05, 0.1) is 28.6 Å². The molecule has 0 radical (unpaired) electrons. The zero-order chi connectivity index (χ0) is 61.6. The van der Waals surface area contributed by atoms with Crippen molar-refractivity contribution in [1.29, 1.82) is 0 Å². The fraction of sp³-hybridized carbons (Fsp3) is 0.508. The Hall–Kier alpha value is -7.13. The first-order valence-electron chi connectivity index (χ1n) is 29.8. The maximum absolute atomic E-state index is 13.8. The van der Waals surface area contributed by atoms with Crippen molar-refractivity contribution >= 4 is 56.4 Å². The standard InChI is InChI=1S/C63H77N9O14S/c1-35-42(40-17-19-47(69-48(40)55(78)79)71-23-20-37-10-8-11-41(43(37)26-71)54(77)70-58-68-44-12-4-5-13-45(44)87-58)25-67-72(35)34-62-29-60(2)28-61(3,30-62)32-63(31-60,33-62)84-24-22-66-59(82)83-27-38-15-14-36(9-6-7-21-64)39(16-18-46(65)73)52(38)85-57-51(76)49(74)50(75)53(86-57)56(80)81/h4-5,8,10-15,17,19,25,46,49-51,53,57,73-76H,6-7,9,16,18,20-24,26-34,64-65H2,1-3H3,(H,66,82)(H,78,79)(H,80,81)(H,68,70,77)/t46?,49-,50-,51+,53-,57+,60?,61?,62?,63?/m1/s1. The second-order valence-electron chi connectivity index (χ2n) is 25.3. The number of aryl methyl sites for hydroxylation is 1. The molecule has 4 saturated carbocycles. The number of ether oxygens (including phenoxy) is 4. The Labute approximate surface area is 507 Å². The second-order valence-corrected chi connectivity index (χ2v) is 26.4. The number of pyridine rings is 1. The first-order chi connectivity index (χ1) is 41.6. The lowest BCUT2D eigenvalue weighted by Gasteiger charge is -2.69. The minimum Gasteiger partial charge on any atom is -0.479 e. The van der Waals surface area contributed by atoms with E-state index in [0.717, 1.165) is 71.1 Å². The van der Waals surface area contributed by atoms with Crippen LogP contribution in [0, 0.1) is 23.2 Å². The van der Waals surface area contributed by atoms with E-state index in [-0.39, 0.29) is 66.2 Å². The van der Waals surface area contributed by atoms with Crippen LogP contribution in [0.3, 0.4) is 0 Å². The number of alkyl carbamates (subject to hydrolysis) is 1. The maximum Gasteiger partial charge on any atom is 0.407 e. The smallest absolute Gasteiger partial charge is 0.407 e. The first-order valence-corrected chi connectivity index (χ1v) is 30.6. The number of anilines is 2. The summed E-state index contributed by atoms with van der Waals surface area (Å²) in [6.45, 7) is 8.60. The van der Waals surface area contributed by atoms with E-state index >= 15 is 0 Å². The molecule has 4 bridgehead atoms. The molecule has 3 aromatic carbocycles. The number of aliphatic carboxylic acids is 1. The zero-order valence-electron chi connectivity index (χ0n) is 49.1. The van der Waals surface area contributed by atoms with Crippen LogP contribution in [-0.4, -0.2) is 143 Å². The van der Waals surface area contributed by atoms with Gasteiger partial charge in [-0.05, 0) is 159 Å². The molecule has 5 heterocycles. The molecule has 464 valence electrons. The number of rotatable bonds is 23. The number of benzene rings is 3. The number of unbranched alkanes of at least 4 members (excludes halogenated alkanes) is 1. The van der Waals surface area contributed by atoms with Crippen LogP contribution in [0.5, 0.6) is 5.75 Å². The molecule has 87 heavy (non-hydrogen) atoms. The largest absolute Gasteiger partial charge is 0.479 e. The average Bonchev–Trinajstić information content (AvgIpc) is 1.04. The van der Waals surface area contributed by atoms with Crippen LogP contribution < -0.4 is 31.7 Å². The van der Waals surface area contributed by atoms with Crippen LogP contribution in [-0.2, 0) is 58.0 Å². The monoisotopic (exact) mass is 1220 g/mol. The van der Waals surface area contributed by atoms with Crippen molar-refractivity contribution in [3.8, 4) is 16.9 Å². The SMILES string of the molecule is Cc1c(-c2ccc(N3CCc4cccc(C(=O)Nc5nc6ccccc6s5)c4C3)nc2C(=O)O)cnn1CC12CC3(C)CC(C)(C1)CC(OCCNC(=O)OCc1ccc(CCCCN)c(CCC(N)O)c1O[C@H]1O[C@@H](C(=O)O)[C@H](O)[C@@H](O)[C@@H]1O)(C3)C2. The lowest BCUT2D eigenvalue weighted by Crippen LogP contribution is -2.64. The minimum atomic E-state index is -1.95. The van der Waals surface area contributed by atoms with E-state index in [0.29, 0.717) is 90.6 Å². The summed E-state index contributed by atoms with van der Waals surface area (Å²) in [5.74, 6) is -2.45. The lowest BCUT2D eigenvalue weighted by molar-refractivity contribution is -0.271. The van der Waals surface area contributed by atoms with E-state index in [1.54, 1.807) is 18.3 Å². The zero-order valence-corrected chi connectivity index (χ0v) is 49.9. The van der Waals surface area contributed by atoms with Gasteiger partial charge in [0, 0.05) is 54.1 Å². The number of hydrogen-bond donors (Lipinski definition) is 10. The molecule has 4 aliphatic carbocycles.